The van der Waals surface area contributed by atoms with E-state index >= 15 is 0 Å². The molecule has 0 aliphatic carbocycles. The van der Waals surface area contributed by atoms with Crippen LogP contribution in [0, 0.1) is 21.4 Å². The van der Waals surface area contributed by atoms with Gasteiger partial charge >= 0.3 is 0 Å². The lowest BCUT2D eigenvalue weighted by Crippen LogP contribution is -2.49. The number of rotatable bonds is 29. The van der Waals surface area contributed by atoms with Crippen molar-refractivity contribution in [2.24, 2.45) is 0 Å². The minimum absolute atomic E-state index is 0.163. The normalized spacial score (nSPS) is 11.7. The number of benzene rings is 2. The third kappa shape index (κ3) is 22.6. The van der Waals surface area contributed by atoms with Gasteiger partial charge in [0.2, 0.25) is 11.8 Å². The first kappa shape index (κ1) is 48.5. The van der Waals surface area contributed by atoms with Gasteiger partial charge in [-0.05, 0) is 185 Å². The number of halogens is 6. The van der Waals surface area contributed by atoms with Crippen LogP contribution in [-0.2, 0) is 9.59 Å². The van der Waals surface area contributed by atoms with Gasteiger partial charge in [0, 0.05) is 20.1 Å². The third-order valence-electron chi connectivity index (χ3n) is 8.42. The fourth-order valence-corrected chi connectivity index (χ4v) is 13.4. The SMILES string of the molecule is O=C(CCCCCCCCCCCOc1c(I)cc(I)cc1I)N[C@@H](CO)C(=O)NCCCCCCCCCCCOc1c(I)cc(I)cc1I. The van der Waals surface area contributed by atoms with Crippen molar-refractivity contribution in [1.82, 2.24) is 10.6 Å². The zero-order valence-corrected chi connectivity index (χ0v) is 42.4. The molecule has 0 heterocycles. The van der Waals surface area contributed by atoms with Gasteiger partial charge in [-0.2, -0.15) is 0 Å². The molecule has 0 radical (unpaired) electrons. The fraction of sp³-hybridized carbons (Fsp3) is 0.632. The van der Waals surface area contributed by atoms with Crippen LogP contribution in [0.3, 0.4) is 0 Å². The number of carbonyl (C=O) groups is 2. The molecule has 2 rings (SSSR count). The Morgan fingerprint density at radius 2 is 0.902 bits per heavy atom. The molecule has 0 aliphatic heterocycles. The maximum atomic E-state index is 12.5. The lowest BCUT2D eigenvalue weighted by Gasteiger charge is -2.16. The van der Waals surface area contributed by atoms with Crippen LogP contribution in [0.2, 0.25) is 0 Å². The van der Waals surface area contributed by atoms with E-state index in [0.717, 1.165) is 76.1 Å². The molecule has 1 atom stereocenters. The summed E-state index contributed by atoms with van der Waals surface area (Å²) in [7, 11) is 0. The van der Waals surface area contributed by atoms with Gasteiger partial charge in [-0.3, -0.25) is 9.59 Å². The summed E-state index contributed by atoms with van der Waals surface area (Å²) in [5, 5.41) is 15.3. The molecule has 0 unspecified atom stereocenters. The van der Waals surface area contributed by atoms with Crippen LogP contribution in [0.1, 0.15) is 122 Å². The molecule has 0 saturated heterocycles. The molecule has 0 saturated carbocycles. The Morgan fingerprint density at radius 1 is 0.549 bits per heavy atom. The van der Waals surface area contributed by atoms with Gasteiger partial charge in [-0.25, -0.2) is 0 Å². The topological polar surface area (TPSA) is 96.9 Å². The molecular formula is C38H54I6N2O5. The Labute approximate surface area is 388 Å². The first-order chi connectivity index (χ1) is 24.6. The molecule has 2 aromatic carbocycles. The predicted molar refractivity (Wildman–Crippen MR) is 260 cm³/mol. The summed E-state index contributed by atoms with van der Waals surface area (Å²) in [6.07, 6.45) is 20.8. The summed E-state index contributed by atoms with van der Waals surface area (Å²) < 4.78 is 19.2. The molecule has 51 heavy (non-hydrogen) atoms. The van der Waals surface area contributed by atoms with Crippen molar-refractivity contribution in [2.45, 2.75) is 128 Å². The highest BCUT2D eigenvalue weighted by atomic mass is 127. The number of nitrogens with one attached hydrogen (secondary N) is 2. The Balaban J connectivity index is 1.36. The van der Waals surface area contributed by atoms with Crippen molar-refractivity contribution in [1.29, 1.82) is 0 Å². The van der Waals surface area contributed by atoms with Crippen molar-refractivity contribution in [3.8, 4) is 11.5 Å². The van der Waals surface area contributed by atoms with E-state index in [2.05, 4.69) is 170 Å². The number of hydrogen-bond donors (Lipinski definition) is 3. The number of unbranched alkanes of at least 4 members (excludes halogenated alkanes) is 16. The first-order valence-electron chi connectivity index (χ1n) is 18.3. The van der Waals surface area contributed by atoms with Crippen LogP contribution in [0.4, 0.5) is 0 Å². The molecule has 0 bridgehead atoms. The first-order valence-corrected chi connectivity index (χ1v) is 24.8. The lowest BCUT2D eigenvalue weighted by molar-refractivity contribution is -0.130. The number of carbonyl (C=O) groups excluding carboxylic acids is 2. The second-order valence-electron chi connectivity index (χ2n) is 12.8. The molecule has 2 amide bonds. The van der Waals surface area contributed by atoms with Crippen molar-refractivity contribution in [3.63, 3.8) is 0 Å². The van der Waals surface area contributed by atoms with Gasteiger partial charge in [0.15, 0.2) is 0 Å². The van der Waals surface area contributed by atoms with Gasteiger partial charge in [-0.1, -0.05) is 89.9 Å². The minimum Gasteiger partial charge on any atom is -0.491 e. The summed E-state index contributed by atoms with van der Waals surface area (Å²) in [5.74, 6) is 1.56. The minimum atomic E-state index is -0.874. The highest BCUT2D eigenvalue weighted by molar-refractivity contribution is 14.1. The number of amides is 2. The van der Waals surface area contributed by atoms with E-state index in [1.165, 1.54) is 85.6 Å². The summed E-state index contributed by atoms with van der Waals surface area (Å²) in [4.78, 5) is 24.8. The summed E-state index contributed by atoms with van der Waals surface area (Å²) >= 11 is 14.1. The molecule has 3 N–H and O–H groups in total. The number of aliphatic hydroxyl groups is 1. The fourth-order valence-electron chi connectivity index (χ4n) is 5.57. The highest BCUT2D eigenvalue weighted by Gasteiger charge is 2.19. The monoisotopic (exact) mass is 1380 g/mol. The van der Waals surface area contributed by atoms with Crippen LogP contribution >= 0.6 is 136 Å². The maximum absolute atomic E-state index is 12.5. The molecule has 7 nitrogen and oxygen atoms in total. The second-order valence-corrected chi connectivity index (χ2v) is 19.9. The van der Waals surface area contributed by atoms with Crippen LogP contribution in [0.25, 0.3) is 0 Å². The molecule has 0 fully saturated rings. The number of hydrogen-bond acceptors (Lipinski definition) is 5. The van der Waals surface area contributed by atoms with E-state index in [1.807, 2.05) is 0 Å². The predicted octanol–water partition coefficient (Wildman–Crippen LogP) is 11.8. The van der Waals surface area contributed by atoms with E-state index in [9.17, 15) is 14.7 Å². The molecule has 2 aromatic rings. The number of ether oxygens (including phenoxy) is 2. The van der Waals surface area contributed by atoms with Crippen LogP contribution in [0.5, 0.6) is 11.5 Å². The van der Waals surface area contributed by atoms with E-state index < -0.39 is 6.04 Å². The van der Waals surface area contributed by atoms with Crippen LogP contribution in [0.15, 0.2) is 24.3 Å². The Kier molecular flexibility index (Phi) is 28.9. The van der Waals surface area contributed by atoms with Crippen molar-refractivity contribution in [3.05, 3.63) is 45.7 Å². The van der Waals surface area contributed by atoms with Crippen molar-refractivity contribution < 1.29 is 24.2 Å². The average molecular weight is 1380 g/mol. The lowest BCUT2D eigenvalue weighted by atomic mass is 10.1. The quantitative estimate of drug-likeness (QED) is 0.0557. The molecule has 0 spiro atoms. The smallest absolute Gasteiger partial charge is 0.244 e. The van der Waals surface area contributed by atoms with Gasteiger partial charge in [0.05, 0.1) is 34.1 Å². The van der Waals surface area contributed by atoms with Gasteiger partial charge in [0.1, 0.15) is 17.5 Å². The molecule has 0 aromatic heterocycles. The summed E-state index contributed by atoms with van der Waals surface area (Å²) in [5.41, 5.74) is 0. The van der Waals surface area contributed by atoms with E-state index in [-0.39, 0.29) is 18.4 Å². The number of aliphatic hydroxyl groups excluding tert-OH is 1. The maximum Gasteiger partial charge on any atom is 0.244 e. The largest absolute Gasteiger partial charge is 0.491 e. The van der Waals surface area contributed by atoms with Crippen molar-refractivity contribution >= 4 is 147 Å². The van der Waals surface area contributed by atoms with E-state index in [0.29, 0.717) is 13.0 Å². The molecule has 288 valence electrons. The van der Waals surface area contributed by atoms with Crippen LogP contribution < -0.4 is 20.1 Å². The second kappa shape index (κ2) is 30.5. The Morgan fingerprint density at radius 3 is 1.29 bits per heavy atom. The highest BCUT2D eigenvalue weighted by Crippen LogP contribution is 2.31. The summed E-state index contributed by atoms with van der Waals surface area (Å²) in [6.45, 7) is 1.72. The van der Waals surface area contributed by atoms with Gasteiger partial charge < -0.3 is 25.2 Å². The van der Waals surface area contributed by atoms with Gasteiger partial charge in [0.25, 0.3) is 0 Å². The third-order valence-corrected chi connectivity index (χ3v) is 12.9. The zero-order chi connectivity index (χ0) is 37.3. The van der Waals surface area contributed by atoms with E-state index in [4.69, 9.17) is 9.47 Å². The van der Waals surface area contributed by atoms with Crippen molar-refractivity contribution in [2.75, 3.05) is 26.4 Å². The Hall–Kier alpha value is 1.32. The van der Waals surface area contributed by atoms with E-state index in [1.54, 1.807) is 0 Å². The molecule has 13 heteroatoms. The average Bonchev–Trinajstić information content (AvgIpc) is 3.07. The summed E-state index contributed by atoms with van der Waals surface area (Å²) in [6, 6.07) is 7.72. The molecular weight excluding hydrogens is 1330 g/mol. The standard InChI is InChI=1S/C38H54I6N2O5/c39-28-23-30(41)36(31(42)24-28)50-21-17-13-9-5-1-3-7-11-15-19-35(48)46-34(27-47)38(49)45-20-16-12-8-4-2-6-10-14-18-22-51-37-32(43)25-29(40)26-33(37)44/h23-26,34,47H,1-22,27H2,(H,45,49)(H,46,48)/t34-/m0/s1. The van der Waals surface area contributed by atoms with Gasteiger partial charge in [-0.15, -0.1) is 0 Å². The van der Waals surface area contributed by atoms with Crippen LogP contribution in [-0.4, -0.2) is 49.3 Å². The molecule has 0 aliphatic rings. The Bertz CT molecular complexity index is 1260. The zero-order valence-electron chi connectivity index (χ0n) is 29.5.